The Balaban J connectivity index is 2.23. The van der Waals surface area contributed by atoms with Crippen LogP contribution in [0.3, 0.4) is 0 Å². The fourth-order valence-corrected chi connectivity index (χ4v) is 3.82. The summed E-state index contributed by atoms with van der Waals surface area (Å²) in [5.74, 6) is 0.118. The second-order valence-electron chi connectivity index (χ2n) is 4.63. The highest BCUT2D eigenvalue weighted by Gasteiger charge is 2.28. The Bertz CT molecular complexity index is 573. The third kappa shape index (κ3) is 3.22. The normalized spacial score (nSPS) is 19.6. The van der Waals surface area contributed by atoms with Crippen LogP contribution < -0.4 is 5.73 Å². The second kappa shape index (κ2) is 6.26. The van der Waals surface area contributed by atoms with E-state index in [9.17, 15) is 8.42 Å². The molecule has 0 amide bonds. The van der Waals surface area contributed by atoms with E-state index in [4.69, 9.17) is 22.1 Å². The SMILES string of the molecule is CCN(CC1CCCO1)S(=O)(=O)c1cnc(N)c(Cl)c1. The molecule has 0 aliphatic carbocycles. The second-order valence-corrected chi connectivity index (χ2v) is 6.97. The van der Waals surface area contributed by atoms with Crippen LogP contribution in [0.25, 0.3) is 0 Å². The number of pyridine rings is 1. The number of nitrogens with zero attached hydrogens (tertiary/aromatic N) is 2. The molecule has 2 rings (SSSR count). The topological polar surface area (TPSA) is 85.5 Å². The number of anilines is 1. The van der Waals surface area contributed by atoms with Crippen LogP contribution in [0, 0.1) is 0 Å². The average molecular weight is 320 g/mol. The maximum atomic E-state index is 12.5. The number of sulfonamides is 1. The quantitative estimate of drug-likeness (QED) is 0.889. The van der Waals surface area contributed by atoms with Gasteiger partial charge >= 0.3 is 0 Å². The molecule has 0 radical (unpaired) electrons. The lowest BCUT2D eigenvalue weighted by atomic mass is 10.2. The number of nitrogen functional groups attached to an aromatic ring is 1. The molecule has 8 heteroatoms. The van der Waals surface area contributed by atoms with E-state index in [1.165, 1.54) is 16.6 Å². The Labute approximate surface area is 123 Å². The highest BCUT2D eigenvalue weighted by atomic mass is 35.5. The summed E-state index contributed by atoms with van der Waals surface area (Å²) < 4.78 is 32.0. The zero-order chi connectivity index (χ0) is 14.8. The van der Waals surface area contributed by atoms with Crippen molar-refractivity contribution in [2.45, 2.75) is 30.8 Å². The Kier molecular flexibility index (Phi) is 4.85. The van der Waals surface area contributed by atoms with Crippen LogP contribution in [0.15, 0.2) is 17.2 Å². The summed E-state index contributed by atoms with van der Waals surface area (Å²) >= 11 is 5.84. The minimum absolute atomic E-state index is 0.0399. The lowest BCUT2D eigenvalue weighted by molar-refractivity contribution is 0.0947. The number of rotatable bonds is 5. The first-order valence-corrected chi connectivity index (χ1v) is 8.29. The van der Waals surface area contributed by atoms with Crippen molar-refractivity contribution < 1.29 is 13.2 Å². The number of nitrogens with two attached hydrogens (primary N) is 1. The van der Waals surface area contributed by atoms with E-state index in [1.54, 1.807) is 6.92 Å². The smallest absolute Gasteiger partial charge is 0.244 e. The molecule has 6 nitrogen and oxygen atoms in total. The molecular formula is C12H18ClN3O3S. The van der Waals surface area contributed by atoms with Gasteiger partial charge < -0.3 is 10.5 Å². The van der Waals surface area contributed by atoms with Crippen molar-refractivity contribution in [1.29, 1.82) is 0 Å². The van der Waals surface area contributed by atoms with Crippen LogP contribution in [-0.2, 0) is 14.8 Å². The van der Waals surface area contributed by atoms with Gasteiger partial charge in [0.25, 0.3) is 0 Å². The lowest BCUT2D eigenvalue weighted by Gasteiger charge is -2.23. The van der Waals surface area contributed by atoms with Gasteiger partial charge in [-0.15, -0.1) is 0 Å². The van der Waals surface area contributed by atoms with Gasteiger partial charge in [-0.05, 0) is 18.9 Å². The third-order valence-corrected chi connectivity index (χ3v) is 5.48. The van der Waals surface area contributed by atoms with Crippen LogP contribution >= 0.6 is 11.6 Å². The fraction of sp³-hybridized carbons (Fsp3) is 0.583. The van der Waals surface area contributed by atoms with Gasteiger partial charge in [0.1, 0.15) is 10.7 Å². The fourth-order valence-electron chi connectivity index (χ4n) is 2.13. The Hall–Kier alpha value is -0.890. The van der Waals surface area contributed by atoms with Gasteiger partial charge in [0.2, 0.25) is 10.0 Å². The van der Waals surface area contributed by atoms with Crippen LogP contribution in [0.5, 0.6) is 0 Å². The largest absolute Gasteiger partial charge is 0.382 e. The first kappa shape index (κ1) is 15.5. The van der Waals surface area contributed by atoms with Gasteiger partial charge in [-0.3, -0.25) is 0 Å². The zero-order valence-electron chi connectivity index (χ0n) is 11.3. The molecular weight excluding hydrogens is 302 g/mol. The van der Waals surface area contributed by atoms with Crippen molar-refractivity contribution in [2.24, 2.45) is 0 Å². The van der Waals surface area contributed by atoms with Crippen LogP contribution in [0.4, 0.5) is 5.82 Å². The van der Waals surface area contributed by atoms with E-state index < -0.39 is 10.0 Å². The number of aromatic nitrogens is 1. The van der Waals surface area contributed by atoms with Crippen LogP contribution in [0.2, 0.25) is 5.02 Å². The first-order valence-electron chi connectivity index (χ1n) is 6.48. The molecule has 1 saturated heterocycles. The third-order valence-electron chi connectivity index (χ3n) is 3.27. The molecule has 112 valence electrons. The number of ether oxygens (including phenoxy) is 1. The molecule has 1 atom stereocenters. The molecule has 1 aliphatic rings. The Morgan fingerprint density at radius 1 is 1.60 bits per heavy atom. The molecule has 0 spiro atoms. The van der Waals surface area contributed by atoms with Crippen LogP contribution in [-0.4, -0.2) is 43.5 Å². The van der Waals surface area contributed by atoms with Gasteiger partial charge in [-0.25, -0.2) is 13.4 Å². The van der Waals surface area contributed by atoms with Crippen molar-refractivity contribution in [3.05, 3.63) is 17.3 Å². The Morgan fingerprint density at radius 2 is 2.35 bits per heavy atom. The summed E-state index contributed by atoms with van der Waals surface area (Å²) in [5, 5.41) is 0.138. The molecule has 0 bridgehead atoms. The van der Waals surface area contributed by atoms with E-state index in [2.05, 4.69) is 4.98 Å². The van der Waals surface area contributed by atoms with Gasteiger partial charge in [-0.2, -0.15) is 4.31 Å². The predicted molar refractivity (Wildman–Crippen MR) is 77.1 cm³/mol. The minimum atomic E-state index is -3.63. The number of hydrogen-bond donors (Lipinski definition) is 1. The molecule has 0 saturated carbocycles. The minimum Gasteiger partial charge on any atom is -0.382 e. The van der Waals surface area contributed by atoms with E-state index in [-0.39, 0.29) is 21.8 Å². The summed E-state index contributed by atoms with van der Waals surface area (Å²) in [5.41, 5.74) is 5.50. The van der Waals surface area contributed by atoms with Crippen molar-refractivity contribution in [2.75, 3.05) is 25.4 Å². The molecule has 1 unspecified atom stereocenters. The van der Waals surface area contributed by atoms with Gasteiger partial charge in [0.15, 0.2) is 0 Å². The van der Waals surface area contributed by atoms with E-state index in [0.717, 1.165) is 12.8 Å². The van der Waals surface area contributed by atoms with E-state index in [0.29, 0.717) is 19.7 Å². The van der Waals surface area contributed by atoms with E-state index in [1.807, 2.05) is 0 Å². The predicted octanol–water partition coefficient (Wildman–Crippen LogP) is 1.51. The van der Waals surface area contributed by atoms with Crippen molar-refractivity contribution in [3.63, 3.8) is 0 Å². The molecule has 2 heterocycles. The van der Waals surface area contributed by atoms with Gasteiger partial charge in [-0.1, -0.05) is 18.5 Å². The highest BCUT2D eigenvalue weighted by molar-refractivity contribution is 7.89. The molecule has 1 aliphatic heterocycles. The van der Waals surface area contributed by atoms with Gasteiger partial charge in [0, 0.05) is 25.9 Å². The van der Waals surface area contributed by atoms with Crippen molar-refractivity contribution >= 4 is 27.4 Å². The molecule has 2 N–H and O–H groups in total. The zero-order valence-corrected chi connectivity index (χ0v) is 12.8. The Morgan fingerprint density at radius 3 is 2.90 bits per heavy atom. The van der Waals surface area contributed by atoms with Crippen molar-refractivity contribution in [1.82, 2.24) is 9.29 Å². The van der Waals surface area contributed by atoms with Crippen LogP contribution in [0.1, 0.15) is 19.8 Å². The molecule has 1 aromatic rings. The maximum absolute atomic E-state index is 12.5. The molecule has 1 fully saturated rings. The monoisotopic (exact) mass is 319 g/mol. The number of hydrogen-bond acceptors (Lipinski definition) is 5. The first-order chi connectivity index (χ1) is 9.45. The highest BCUT2D eigenvalue weighted by Crippen LogP contribution is 2.24. The maximum Gasteiger partial charge on any atom is 0.244 e. The molecule has 20 heavy (non-hydrogen) atoms. The summed E-state index contributed by atoms with van der Waals surface area (Å²) in [4.78, 5) is 3.85. The molecule has 0 aromatic carbocycles. The lowest BCUT2D eigenvalue weighted by Crippen LogP contribution is -2.37. The summed E-state index contributed by atoms with van der Waals surface area (Å²) in [6, 6.07) is 1.33. The summed E-state index contributed by atoms with van der Waals surface area (Å²) in [7, 11) is -3.63. The van der Waals surface area contributed by atoms with Crippen molar-refractivity contribution in [3.8, 4) is 0 Å². The van der Waals surface area contributed by atoms with E-state index >= 15 is 0 Å². The molecule has 1 aromatic heterocycles. The van der Waals surface area contributed by atoms with Gasteiger partial charge in [0.05, 0.1) is 11.1 Å². The summed E-state index contributed by atoms with van der Waals surface area (Å²) in [6.45, 7) is 3.20. The number of likely N-dealkylation sites (N-methyl/N-ethyl adjacent to an activating group) is 1. The average Bonchev–Trinajstić information content (AvgIpc) is 2.91. The summed E-state index contributed by atoms with van der Waals surface area (Å²) in [6.07, 6.45) is 3.04. The number of halogens is 1. The standard InChI is InChI=1S/C12H18ClN3O3S/c1-2-16(8-9-4-3-5-19-9)20(17,18)10-6-11(13)12(14)15-7-10/h6-7,9H,2-5,8H2,1H3,(H2,14,15).